The van der Waals surface area contributed by atoms with E-state index in [4.69, 9.17) is 29.9 Å². The van der Waals surface area contributed by atoms with E-state index in [1.165, 1.54) is 33.4 Å². The van der Waals surface area contributed by atoms with Crippen molar-refractivity contribution in [3.05, 3.63) is 327 Å². The fourth-order valence-corrected chi connectivity index (χ4v) is 13.5. The first-order chi connectivity index (χ1) is 46.4. The Morgan fingerprint density at radius 1 is 0.191 bits per heavy atom. The molecular weight excluding hydrogens is 1150 g/mol. The third kappa shape index (κ3) is 9.98. The molecule has 0 aliphatic carbocycles. The summed E-state index contributed by atoms with van der Waals surface area (Å²) in [6.07, 6.45) is 0. The first-order valence-electron chi connectivity index (χ1n) is 31.8. The summed E-state index contributed by atoms with van der Waals surface area (Å²) in [6, 6.07) is 112. The van der Waals surface area contributed by atoms with E-state index in [9.17, 15) is 0 Å². The summed E-state index contributed by atoms with van der Waals surface area (Å²) in [5.41, 5.74) is 22.9. The van der Waals surface area contributed by atoms with Crippen molar-refractivity contribution in [1.82, 2.24) is 39.0 Å². The fraction of sp³-hybridized carbons (Fsp3) is 0.0233. The molecule has 4 aromatic heterocycles. The van der Waals surface area contributed by atoms with E-state index in [2.05, 4.69) is 266 Å². The monoisotopic (exact) mass is 1200 g/mol. The van der Waals surface area contributed by atoms with Gasteiger partial charge < -0.3 is 9.13 Å². The number of aryl methyl sites for hydroxylation is 2. The smallest absolute Gasteiger partial charge is 0.166 e. The number of rotatable bonds is 12. The molecule has 4 heterocycles. The zero-order valence-electron chi connectivity index (χ0n) is 51.6. The van der Waals surface area contributed by atoms with Crippen LogP contribution in [0.3, 0.4) is 0 Å². The zero-order chi connectivity index (χ0) is 62.6. The summed E-state index contributed by atoms with van der Waals surface area (Å²) in [5, 5.41) is 4.60. The van der Waals surface area contributed by atoms with Crippen molar-refractivity contribution in [2.75, 3.05) is 0 Å². The highest BCUT2D eigenvalue weighted by Gasteiger charge is 2.24. The molecule has 0 spiro atoms. The van der Waals surface area contributed by atoms with E-state index in [1.807, 2.05) is 72.8 Å². The SMILES string of the molecule is Cc1ccccc1-c1ccc2c(c1)c1ccccc1n2-c1cc(-c2cccc(-c3ccc(-c4nc(-c5ccccc5)nc(-c5ccccc5)n4)c(-n4c5ccccc5c5cc(-c6ccccc6C)ccc54)c3)c2)ccc1-c1nc(-c2ccccc2)nc(-c2ccccc2)n1. The van der Waals surface area contributed by atoms with E-state index >= 15 is 0 Å². The highest BCUT2D eigenvalue weighted by atomic mass is 15.1. The average Bonchev–Trinajstić information content (AvgIpc) is 1.60. The van der Waals surface area contributed by atoms with Crippen LogP contribution in [0.2, 0.25) is 0 Å². The Hall–Kier alpha value is -12.5. The molecule has 0 unspecified atom stereocenters. The molecule has 17 rings (SSSR count). The van der Waals surface area contributed by atoms with Crippen molar-refractivity contribution in [2.24, 2.45) is 0 Å². The summed E-state index contributed by atoms with van der Waals surface area (Å²) in [4.78, 5) is 31.7. The Morgan fingerprint density at radius 2 is 0.489 bits per heavy atom. The molecule has 8 nitrogen and oxygen atoms in total. The van der Waals surface area contributed by atoms with Gasteiger partial charge in [0.15, 0.2) is 34.9 Å². The Bertz CT molecular complexity index is 5290. The Labute approximate surface area is 544 Å². The largest absolute Gasteiger partial charge is 0.308 e. The third-order valence-electron chi connectivity index (χ3n) is 18.1. The molecule has 0 bridgehead atoms. The van der Waals surface area contributed by atoms with E-state index in [0.29, 0.717) is 34.9 Å². The Balaban J connectivity index is 0.876. The number of hydrogen-bond donors (Lipinski definition) is 0. The lowest BCUT2D eigenvalue weighted by Gasteiger charge is -2.18. The Kier molecular flexibility index (Phi) is 13.8. The molecule has 8 heteroatoms. The van der Waals surface area contributed by atoms with Crippen LogP contribution >= 0.6 is 0 Å². The van der Waals surface area contributed by atoms with Gasteiger partial charge in [0.25, 0.3) is 0 Å². The van der Waals surface area contributed by atoms with Crippen molar-refractivity contribution in [3.63, 3.8) is 0 Å². The van der Waals surface area contributed by atoms with Gasteiger partial charge >= 0.3 is 0 Å². The number of aromatic nitrogens is 8. The highest BCUT2D eigenvalue weighted by Crippen LogP contribution is 2.44. The van der Waals surface area contributed by atoms with Gasteiger partial charge in [0.1, 0.15) is 0 Å². The maximum absolute atomic E-state index is 5.36. The van der Waals surface area contributed by atoms with Crippen molar-refractivity contribution in [3.8, 4) is 124 Å². The topological polar surface area (TPSA) is 87.2 Å². The maximum atomic E-state index is 5.36. The van der Waals surface area contributed by atoms with Crippen LogP contribution in [0.15, 0.2) is 315 Å². The minimum atomic E-state index is 0.569. The number of benzene rings is 13. The van der Waals surface area contributed by atoms with Gasteiger partial charge in [-0.3, -0.25) is 0 Å². The van der Waals surface area contributed by atoms with Crippen molar-refractivity contribution in [2.45, 2.75) is 13.8 Å². The van der Waals surface area contributed by atoms with Gasteiger partial charge in [-0.05, 0) is 136 Å². The summed E-state index contributed by atoms with van der Waals surface area (Å²) in [7, 11) is 0. The molecule has 0 saturated heterocycles. The molecule has 442 valence electrons. The molecule has 17 aromatic rings. The molecule has 0 saturated carbocycles. The summed E-state index contributed by atoms with van der Waals surface area (Å²) in [5.74, 6) is 3.52. The van der Waals surface area contributed by atoms with Gasteiger partial charge in [-0.1, -0.05) is 249 Å². The Morgan fingerprint density at radius 3 is 0.872 bits per heavy atom. The van der Waals surface area contributed by atoms with Gasteiger partial charge in [-0.2, -0.15) is 0 Å². The predicted molar refractivity (Wildman–Crippen MR) is 386 cm³/mol. The van der Waals surface area contributed by atoms with Crippen LogP contribution in [0.5, 0.6) is 0 Å². The van der Waals surface area contributed by atoms with Gasteiger partial charge in [-0.25, -0.2) is 29.9 Å². The van der Waals surface area contributed by atoms with Crippen LogP contribution < -0.4 is 0 Å². The third-order valence-corrected chi connectivity index (χ3v) is 18.1. The molecule has 0 aliphatic heterocycles. The minimum absolute atomic E-state index is 0.569. The van der Waals surface area contributed by atoms with Crippen molar-refractivity contribution >= 4 is 43.6 Å². The van der Waals surface area contributed by atoms with Gasteiger partial charge in [-0.15, -0.1) is 0 Å². The lowest BCUT2D eigenvalue weighted by molar-refractivity contribution is 1.06. The maximum Gasteiger partial charge on any atom is 0.166 e. The molecule has 0 amide bonds. The molecule has 0 atom stereocenters. The quantitative estimate of drug-likeness (QED) is 0.121. The molecular formula is C86H58N8. The van der Waals surface area contributed by atoms with Gasteiger partial charge in [0, 0.05) is 54.9 Å². The lowest BCUT2D eigenvalue weighted by atomic mass is 9.96. The number of fused-ring (bicyclic) bond motifs is 6. The normalized spacial score (nSPS) is 11.5. The van der Waals surface area contributed by atoms with Gasteiger partial charge in [0.05, 0.1) is 33.4 Å². The fourth-order valence-electron chi connectivity index (χ4n) is 13.5. The second-order valence-electron chi connectivity index (χ2n) is 23.9. The van der Waals surface area contributed by atoms with E-state index < -0.39 is 0 Å². The van der Waals surface area contributed by atoms with E-state index in [1.54, 1.807) is 0 Å². The summed E-state index contributed by atoms with van der Waals surface area (Å²) >= 11 is 0. The lowest BCUT2D eigenvalue weighted by Crippen LogP contribution is -2.04. The number of para-hydroxylation sites is 2. The van der Waals surface area contributed by atoms with Gasteiger partial charge in [0.2, 0.25) is 0 Å². The minimum Gasteiger partial charge on any atom is -0.308 e. The standard InChI is InChI=1S/C86H58N8/c1-55-24-15-17-36-67(55)65-44-48-77-73(51-65)69-38-19-21-40-75(69)93(77)79-53-63(42-46-71(79)85-89-81(57-26-7-3-8-27-57)87-82(90-85)58-28-9-4-10-29-58)61-34-23-35-62(50-61)64-43-47-72(86-91-83(59-30-11-5-12-31-59)88-84(92-86)60-32-13-6-14-33-60)80(54-64)94-76-41-22-20-39-70(76)74-52-66(45-49-78(74)94)68-37-18-16-25-56(68)2/h3-54H,1-2H3. The number of nitrogens with zero attached hydrogens (tertiary/aromatic N) is 8. The van der Waals surface area contributed by atoms with Crippen molar-refractivity contribution < 1.29 is 0 Å². The van der Waals surface area contributed by atoms with Crippen LogP contribution in [0.25, 0.3) is 168 Å². The number of hydrogen-bond acceptors (Lipinski definition) is 6. The second-order valence-corrected chi connectivity index (χ2v) is 23.9. The first kappa shape index (κ1) is 55.5. The molecule has 0 aliphatic rings. The second kappa shape index (κ2) is 23.4. The first-order valence-corrected chi connectivity index (χ1v) is 31.8. The predicted octanol–water partition coefficient (Wildman–Crippen LogP) is 21.5. The molecule has 0 N–H and O–H groups in total. The summed E-state index contributed by atoms with van der Waals surface area (Å²) in [6.45, 7) is 4.36. The van der Waals surface area contributed by atoms with E-state index in [-0.39, 0.29) is 0 Å². The molecule has 0 fully saturated rings. The van der Waals surface area contributed by atoms with Crippen LogP contribution in [0.4, 0.5) is 0 Å². The zero-order valence-corrected chi connectivity index (χ0v) is 51.6. The highest BCUT2D eigenvalue weighted by molar-refractivity contribution is 6.12. The average molecular weight is 1200 g/mol. The molecule has 13 aromatic carbocycles. The van der Waals surface area contributed by atoms with Crippen LogP contribution in [0, 0.1) is 13.8 Å². The van der Waals surface area contributed by atoms with Crippen molar-refractivity contribution in [1.29, 1.82) is 0 Å². The molecule has 0 radical (unpaired) electrons. The van der Waals surface area contributed by atoms with Crippen LogP contribution in [0.1, 0.15) is 11.1 Å². The van der Waals surface area contributed by atoms with Crippen LogP contribution in [-0.4, -0.2) is 39.0 Å². The summed E-state index contributed by atoms with van der Waals surface area (Å²) < 4.78 is 4.80. The molecule has 94 heavy (non-hydrogen) atoms. The van der Waals surface area contributed by atoms with E-state index in [0.717, 1.165) is 111 Å². The van der Waals surface area contributed by atoms with Crippen LogP contribution in [-0.2, 0) is 0 Å².